The smallest absolute Gasteiger partial charge is 0.212 e. The van der Waals surface area contributed by atoms with Gasteiger partial charge in [0.2, 0.25) is 10.0 Å². The van der Waals surface area contributed by atoms with Crippen LogP contribution in [0.1, 0.15) is 18.5 Å². The average molecular weight is 272 g/mol. The molecule has 1 aromatic carbocycles. The summed E-state index contributed by atoms with van der Waals surface area (Å²) < 4.78 is 29.9. The molecule has 1 aromatic rings. The molecule has 0 aliphatic heterocycles. The van der Waals surface area contributed by atoms with Gasteiger partial charge in [-0.15, -0.1) is 0 Å². The lowest BCUT2D eigenvalue weighted by Gasteiger charge is -2.15. The van der Waals surface area contributed by atoms with Crippen molar-refractivity contribution in [3.05, 3.63) is 29.8 Å². The Bertz CT molecular complexity index is 474. The fourth-order valence-corrected chi connectivity index (χ4v) is 2.13. The molecule has 0 saturated carbocycles. The Morgan fingerprint density at radius 2 is 2.11 bits per heavy atom. The summed E-state index contributed by atoms with van der Waals surface area (Å²) in [6, 6.07) is 7.78. The molecule has 6 heteroatoms. The van der Waals surface area contributed by atoms with Crippen molar-refractivity contribution < 1.29 is 13.2 Å². The van der Waals surface area contributed by atoms with Crippen molar-refractivity contribution >= 4 is 10.0 Å². The van der Waals surface area contributed by atoms with Crippen LogP contribution in [0.25, 0.3) is 0 Å². The first-order valence-electron chi connectivity index (χ1n) is 5.77. The number of benzene rings is 1. The van der Waals surface area contributed by atoms with Crippen LogP contribution in [0.4, 0.5) is 0 Å². The van der Waals surface area contributed by atoms with Crippen LogP contribution in [0.5, 0.6) is 5.75 Å². The van der Waals surface area contributed by atoms with Crippen LogP contribution in [0.15, 0.2) is 24.3 Å². The highest BCUT2D eigenvalue weighted by Crippen LogP contribution is 2.18. The lowest BCUT2D eigenvalue weighted by molar-refractivity contribution is 0.413. The molecule has 0 radical (unpaired) electrons. The van der Waals surface area contributed by atoms with Gasteiger partial charge in [-0.05, 0) is 31.7 Å². The van der Waals surface area contributed by atoms with E-state index in [0.717, 1.165) is 11.3 Å². The highest BCUT2D eigenvalue weighted by atomic mass is 32.2. The van der Waals surface area contributed by atoms with Crippen LogP contribution in [-0.2, 0) is 10.0 Å². The summed E-state index contributed by atoms with van der Waals surface area (Å²) in [5.74, 6) is 0.863. The third-order valence-corrected chi connectivity index (χ3v) is 4.09. The molecule has 1 atom stereocenters. The lowest BCUT2D eigenvalue weighted by Crippen LogP contribution is -2.30. The molecule has 0 aliphatic rings. The van der Waals surface area contributed by atoms with E-state index in [9.17, 15) is 8.42 Å². The van der Waals surface area contributed by atoms with Gasteiger partial charge in [0.05, 0.1) is 12.9 Å². The molecule has 18 heavy (non-hydrogen) atoms. The van der Waals surface area contributed by atoms with Gasteiger partial charge in [-0.3, -0.25) is 0 Å². The van der Waals surface area contributed by atoms with Gasteiger partial charge in [0.1, 0.15) is 5.75 Å². The van der Waals surface area contributed by atoms with Crippen LogP contribution in [0, 0.1) is 0 Å². The van der Waals surface area contributed by atoms with Crippen LogP contribution < -0.4 is 14.8 Å². The molecular formula is C12H20N2O3S. The maximum absolute atomic E-state index is 11.2. The summed E-state index contributed by atoms with van der Waals surface area (Å²) in [5.41, 5.74) is 1.07. The maximum Gasteiger partial charge on any atom is 0.212 e. The van der Waals surface area contributed by atoms with Crippen molar-refractivity contribution in [2.75, 3.05) is 26.5 Å². The zero-order valence-electron chi connectivity index (χ0n) is 10.9. The van der Waals surface area contributed by atoms with Gasteiger partial charge >= 0.3 is 0 Å². The average Bonchev–Trinajstić information content (AvgIpc) is 2.38. The van der Waals surface area contributed by atoms with Gasteiger partial charge in [-0.1, -0.05) is 12.1 Å². The second kappa shape index (κ2) is 6.72. The zero-order chi connectivity index (χ0) is 13.6. The molecule has 1 unspecified atom stereocenters. The second-order valence-electron chi connectivity index (χ2n) is 3.98. The van der Waals surface area contributed by atoms with E-state index in [1.807, 2.05) is 31.2 Å². The molecule has 102 valence electrons. The third-order valence-electron chi connectivity index (χ3n) is 2.73. The third kappa shape index (κ3) is 4.64. The number of hydrogen-bond acceptors (Lipinski definition) is 4. The van der Waals surface area contributed by atoms with E-state index < -0.39 is 10.0 Å². The molecule has 0 amide bonds. The Kier molecular flexibility index (Phi) is 5.58. The van der Waals surface area contributed by atoms with Gasteiger partial charge in [0.25, 0.3) is 0 Å². The Balaban J connectivity index is 2.52. The van der Waals surface area contributed by atoms with Gasteiger partial charge in [0, 0.05) is 12.6 Å². The van der Waals surface area contributed by atoms with E-state index in [1.165, 1.54) is 7.05 Å². The van der Waals surface area contributed by atoms with E-state index in [0.29, 0.717) is 6.54 Å². The quantitative estimate of drug-likeness (QED) is 0.774. The molecule has 1 rings (SSSR count). The summed E-state index contributed by atoms with van der Waals surface area (Å²) in [4.78, 5) is 0. The highest BCUT2D eigenvalue weighted by molar-refractivity contribution is 7.89. The van der Waals surface area contributed by atoms with Crippen LogP contribution in [-0.4, -0.2) is 34.9 Å². The number of sulfonamides is 1. The number of ether oxygens (including phenoxy) is 1. The van der Waals surface area contributed by atoms with Crippen molar-refractivity contribution in [3.8, 4) is 5.75 Å². The van der Waals surface area contributed by atoms with Gasteiger partial charge in [-0.2, -0.15) is 0 Å². The molecule has 5 nitrogen and oxygen atoms in total. The predicted octanol–water partition coefficient (Wildman–Crippen LogP) is 0.895. The van der Waals surface area contributed by atoms with Crippen molar-refractivity contribution in [3.63, 3.8) is 0 Å². The molecule has 0 fully saturated rings. The highest BCUT2D eigenvalue weighted by Gasteiger charge is 2.09. The van der Waals surface area contributed by atoms with Crippen molar-refractivity contribution in [2.24, 2.45) is 0 Å². The molecule has 0 spiro atoms. The molecule has 0 saturated heterocycles. The predicted molar refractivity (Wildman–Crippen MR) is 72.3 cm³/mol. The number of nitrogens with one attached hydrogen (secondary N) is 2. The molecular weight excluding hydrogens is 252 g/mol. The summed E-state index contributed by atoms with van der Waals surface area (Å²) in [7, 11) is -0.108. The largest absolute Gasteiger partial charge is 0.497 e. The molecule has 0 heterocycles. The minimum atomic E-state index is -3.15. The standard InChI is InChI=1S/C12H20N2O3S/c1-10(14-7-8-18(15,16)13-2)11-5-4-6-12(9-11)17-3/h4-6,9-10,13-14H,7-8H2,1-3H3. The van der Waals surface area contributed by atoms with E-state index in [2.05, 4.69) is 10.0 Å². The van der Waals surface area contributed by atoms with Crippen molar-refractivity contribution in [1.29, 1.82) is 0 Å². The maximum atomic E-state index is 11.2. The first kappa shape index (κ1) is 14.9. The van der Waals surface area contributed by atoms with E-state index in [-0.39, 0.29) is 11.8 Å². The van der Waals surface area contributed by atoms with E-state index in [1.54, 1.807) is 7.11 Å². The van der Waals surface area contributed by atoms with Crippen LogP contribution >= 0.6 is 0 Å². The van der Waals surface area contributed by atoms with E-state index >= 15 is 0 Å². The topological polar surface area (TPSA) is 67.4 Å². The molecule has 0 aliphatic carbocycles. The molecule has 0 bridgehead atoms. The Morgan fingerprint density at radius 1 is 1.39 bits per heavy atom. The Labute approximate surface area is 109 Å². The zero-order valence-corrected chi connectivity index (χ0v) is 11.8. The fourth-order valence-electron chi connectivity index (χ4n) is 1.54. The summed E-state index contributed by atoms with van der Waals surface area (Å²) >= 11 is 0. The SMILES string of the molecule is CNS(=O)(=O)CCNC(C)c1cccc(OC)c1. The first-order valence-corrected chi connectivity index (χ1v) is 7.42. The first-order chi connectivity index (χ1) is 8.48. The number of hydrogen-bond donors (Lipinski definition) is 2. The van der Waals surface area contributed by atoms with Gasteiger partial charge in [0.15, 0.2) is 0 Å². The number of rotatable bonds is 7. The van der Waals surface area contributed by atoms with Crippen LogP contribution in [0.2, 0.25) is 0 Å². The lowest BCUT2D eigenvalue weighted by atomic mass is 10.1. The monoisotopic (exact) mass is 272 g/mol. The normalized spacial score (nSPS) is 13.3. The number of methoxy groups -OCH3 is 1. The fraction of sp³-hybridized carbons (Fsp3) is 0.500. The van der Waals surface area contributed by atoms with E-state index in [4.69, 9.17) is 4.74 Å². The summed E-state index contributed by atoms with van der Waals surface area (Å²) in [6.45, 7) is 2.39. The van der Waals surface area contributed by atoms with Gasteiger partial charge < -0.3 is 10.1 Å². The summed E-state index contributed by atoms with van der Waals surface area (Å²) in [6.07, 6.45) is 0. The molecule has 2 N–H and O–H groups in total. The van der Waals surface area contributed by atoms with Crippen molar-refractivity contribution in [2.45, 2.75) is 13.0 Å². The minimum Gasteiger partial charge on any atom is -0.497 e. The van der Waals surface area contributed by atoms with Gasteiger partial charge in [-0.25, -0.2) is 13.1 Å². The molecule has 0 aromatic heterocycles. The van der Waals surface area contributed by atoms with Crippen LogP contribution in [0.3, 0.4) is 0 Å². The second-order valence-corrected chi connectivity index (χ2v) is 6.02. The Hall–Kier alpha value is -1.11. The van der Waals surface area contributed by atoms with Crippen molar-refractivity contribution in [1.82, 2.24) is 10.0 Å². The minimum absolute atomic E-state index is 0.0673. The summed E-state index contributed by atoms with van der Waals surface area (Å²) in [5, 5.41) is 3.17. The Morgan fingerprint density at radius 3 is 2.72 bits per heavy atom.